The number of aliphatic hydroxyl groups is 2. The number of hydrogen-bond acceptors (Lipinski definition) is 6. The van der Waals surface area contributed by atoms with Crippen LogP contribution < -0.4 is 0 Å². The molecular formula is C22H32O6. The van der Waals surface area contributed by atoms with E-state index in [-0.39, 0.29) is 35.6 Å². The lowest BCUT2D eigenvalue weighted by molar-refractivity contribution is -0.203. The van der Waals surface area contributed by atoms with E-state index in [1.54, 1.807) is 6.07 Å². The van der Waals surface area contributed by atoms with Gasteiger partial charge in [-0.2, -0.15) is 0 Å². The normalized spacial score (nSPS) is 41.7. The first-order valence-electron chi connectivity index (χ1n) is 10.2. The average Bonchev–Trinajstić information content (AvgIpc) is 3.17. The summed E-state index contributed by atoms with van der Waals surface area (Å²) < 4.78 is 10.7. The molecule has 0 radical (unpaired) electrons. The van der Waals surface area contributed by atoms with Crippen molar-refractivity contribution in [1.29, 1.82) is 0 Å². The zero-order valence-electron chi connectivity index (χ0n) is 17.1. The minimum Gasteiger partial charge on any atom is -0.472 e. The molecule has 1 unspecified atom stereocenters. The second-order valence-electron chi connectivity index (χ2n) is 9.14. The summed E-state index contributed by atoms with van der Waals surface area (Å²) in [5.41, 5.74) is -0.604. The molecule has 0 bridgehead atoms. The number of fused-ring (bicyclic) bond motifs is 1. The van der Waals surface area contributed by atoms with Gasteiger partial charge in [-0.1, -0.05) is 20.8 Å². The summed E-state index contributed by atoms with van der Waals surface area (Å²) >= 11 is 0. The number of esters is 1. The molecular weight excluding hydrogens is 360 g/mol. The first kappa shape index (κ1) is 21.1. The molecule has 1 heterocycles. The Balaban J connectivity index is 2.05. The largest absolute Gasteiger partial charge is 0.472 e. The van der Waals surface area contributed by atoms with Crippen LogP contribution in [0.15, 0.2) is 23.0 Å². The Hall–Kier alpha value is -1.66. The van der Waals surface area contributed by atoms with Gasteiger partial charge in [-0.3, -0.25) is 4.79 Å². The molecule has 3 rings (SSSR count). The van der Waals surface area contributed by atoms with Crippen molar-refractivity contribution in [3.8, 4) is 0 Å². The standard InChI is InChI=1S/C22H32O6/c1-13-17(25)5-6-20-21(13,4)10-19(28-15(3)24)14(2)22(20,12-23)9-18(26)16-7-8-27-11-16/h7-8,11-14,17-20,25-26H,5-6,9-10H2,1-4H3/t13-,14-,17?,18-,19-,20+,21+,22-/m1/s1. The first-order valence-corrected chi connectivity index (χ1v) is 10.2. The van der Waals surface area contributed by atoms with Gasteiger partial charge in [0, 0.05) is 23.8 Å². The number of carbonyl (C=O) groups is 2. The van der Waals surface area contributed by atoms with Crippen LogP contribution in [-0.4, -0.2) is 34.7 Å². The Morgan fingerprint density at radius 2 is 2.11 bits per heavy atom. The molecule has 0 amide bonds. The number of carbonyl (C=O) groups excluding carboxylic acids is 2. The van der Waals surface area contributed by atoms with Gasteiger partial charge in [0.2, 0.25) is 0 Å². The monoisotopic (exact) mass is 392 g/mol. The highest BCUT2D eigenvalue weighted by molar-refractivity contribution is 5.67. The molecule has 6 heteroatoms. The fraction of sp³-hybridized carbons (Fsp3) is 0.727. The third kappa shape index (κ3) is 3.30. The second-order valence-corrected chi connectivity index (χ2v) is 9.14. The molecule has 2 aliphatic carbocycles. The fourth-order valence-electron chi connectivity index (χ4n) is 6.00. The molecule has 2 saturated carbocycles. The molecule has 2 aliphatic rings. The van der Waals surface area contributed by atoms with Gasteiger partial charge >= 0.3 is 5.97 Å². The molecule has 1 aromatic heterocycles. The Kier molecular flexibility index (Phi) is 5.74. The minimum absolute atomic E-state index is 0.0146. The number of ether oxygens (including phenoxy) is 1. The summed E-state index contributed by atoms with van der Waals surface area (Å²) in [5.74, 6) is -0.671. The third-order valence-corrected chi connectivity index (χ3v) is 7.87. The van der Waals surface area contributed by atoms with Crippen molar-refractivity contribution in [2.45, 2.75) is 71.7 Å². The summed E-state index contributed by atoms with van der Waals surface area (Å²) in [4.78, 5) is 24.4. The van der Waals surface area contributed by atoms with Crippen LogP contribution in [0, 0.1) is 28.6 Å². The van der Waals surface area contributed by atoms with E-state index < -0.39 is 23.7 Å². The predicted molar refractivity (Wildman–Crippen MR) is 102 cm³/mol. The summed E-state index contributed by atoms with van der Waals surface area (Å²) in [7, 11) is 0. The van der Waals surface area contributed by atoms with Gasteiger partial charge in [-0.25, -0.2) is 0 Å². The Morgan fingerprint density at radius 1 is 1.39 bits per heavy atom. The van der Waals surface area contributed by atoms with Gasteiger partial charge < -0.3 is 24.2 Å². The topological polar surface area (TPSA) is 97.0 Å². The molecule has 1 aromatic rings. The Bertz CT molecular complexity index is 700. The predicted octanol–water partition coefficient (Wildman–Crippen LogP) is 3.27. The van der Waals surface area contributed by atoms with Crippen molar-refractivity contribution in [3.63, 3.8) is 0 Å². The van der Waals surface area contributed by atoms with E-state index in [4.69, 9.17) is 9.15 Å². The zero-order valence-corrected chi connectivity index (χ0v) is 17.1. The smallest absolute Gasteiger partial charge is 0.302 e. The molecule has 6 nitrogen and oxygen atoms in total. The van der Waals surface area contributed by atoms with Crippen molar-refractivity contribution < 1.29 is 29.0 Å². The Morgan fingerprint density at radius 3 is 2.68 bits per heavy atom. The third-order valence-electron chi connectivity index (χ3n) is 7.87. The first-order chi connectivity index (χ1) is 13.2. The minimum atomic E-state index is -0.863. The number of furan rings is 1. The van der Waals surface area contributed by atoms with Crippen molar-refractivity contribution in [2.75, 3.05) is 0 Å². The Labute approximate surface area is 166 Å². The molecule has 0 spiro atoms. The zero-order chi connectivity index (χ0) is 20.7. The molecule has 156 valence electrons. The molecule has 0 saturated heterocycles. The van der Waals surface area contributed by atoms with E-state index in [9.17, 15) is 19.8 Å². The van der Waals surface area contributed by atoms with Crippen LogP contribution in [0.1, 0.15) is 65.0 Å². The maximum absolute atomic E-state index is 12.7. The lowest BCUT2D eigenvalue weighted by Crippen LogP contribution is -2.62. The van der Waals surface area contributed by atoms with Crippen LogP contribution in [0.4, 0.5) is 0 Å². The van der Waals surface area contributed by atoms with Gasteiger partial charge in [0.15, 0.2) is 0 Å². The maximum Gasteiger partial charge on any atom is 0.302 e. The van der Waals surface area contributed by atoms with Crippen LogP contribution in [0.25, 0.3) is 0 Å². The van der Waals surface area contributed by atoms with E-state index in [2.05, 4.69) is 6.92 Å². The molecule has 0 aliphatic heterocycles. The van der Waals surface area contributed by atoms with E-state index >= 15 is 0 Å². The van der Waals surface area contributed by atoms with Crippen LogP contribution in [0.2, 0.25) is 0 Å². The molecule has 8 atom stereocenters. The lowest BCUT2D eigenvalue weighted by atomic mass is 9.43. The van der Waals surface area contributed by atoms with Crippen LogP contribution in [0.5, 0.6) is 0 Å². The average molecular weight is 392 g/mol. The van der Waals surface area contributed by atoms with Gasteiger partial charge in [0.25, 0.3) is 0 Å². The van der Waals surface area contributed by atoms with Crippen molar-refractivity contribution >= 4 is 12.3 Å². The number of hydrogen-bond donors (Lipinski definition) is 2. The van der Waals surface area contributed by atoms with Gasteiger partial charge in [-0.05, 0) is 49.0 Å². The van der Waals surface area contributed by atoms with Crippen LogP contribution in [-0.2, 0) is 14.3 Å². The van der Waals surface area contributed by atoms with Gasteiger partial charge in [0.1, 0.15) is 12.4 Å². The molecule has 2 N–H and O–H groups in total. The number of aldehydes is 1. The quantitative estimate of drug-likeness (QED) is 0.590. The lowest BCUT2D eigenvalue weighted by Gasteiger charge is -2.62. The molecule has 0 aromatic carbocycles. The van der Waals surface area contributed by atoms with Crippen molar-refractivity contribution in [2.24, 2.45) is 28.6 Å². The summed E-state index contributed by atoms with van der Waals surface area (Å²) in [5, 5.41) is 21.4. The van der Waals surface area contributed by atoms with E-state index in [1.165, 1.54) is 19.5 Å². The van der Waals surface area contributed by atoms with Crippen LogP contribution in [0.3, 0.4) is 0 Å². The van der Waals surface area contributed by atoms with Crippen molar-refractivity contribution in [1.82, 2.24) is 0 Å². The van der Waals surface area contributed by atoms with E-state index in [1.807, 2.05) is 13.8 Å². The second kappa shape index (κ2) is 7.64. The number of aliphatic hydroxyl groups excluding tert-OH is 2. The van der Waals surface area contributed by atoms with E-state index in [0.717, 1.165) is 6.29 Å². The van der Waals surface area contributed by atoms with Gasteiger partial charge in [0.05, 0.1) is 24.7 Å². The number of rotatable bonds is 5. The highest BCUT2D eigenvalue weighted by atomic mass is 16.5. The summed E-state index contributed by atoms with van der Waals surface area (Å²) in [6, 6.07) is 1.70. The highest BCUT2D eigenvalue weighted by Gasteiger charge is 2.62. The summed E-state index contributed by atoms with van der Waals surface area (Å²) in [6.07, 6.45) is 4.40. The van der Waals surface area contributed by atoms with Crippen molar-refractivity contribution in [3.05, 3.63) is 24.2 Å². The van der Waals surface area contributed by atoms with Gasteiger partial charge in [-0.15, -0.1) is 0 Å². The highest BCUT2D eigenvalue weighted by Crippen LogP contribution is 2.63. The summed E-state index contributed by atoms with van der Waals surface area (Å²) in [6.45, 7) is 7.43. The van der Waals surface area contributed by atoms with Crippen LogP contribution >= 0.6 is 0 Å². The SMILES string of the molecule is CC(=O)O[C@@H]1C[C@@]2(C)[C@H](C)C(O)CC[C@@H]2[C@@](C=O)(C[C@@H](O)c2ccoc2)[C@@H]1C. The van der Waals surface area contributed by atoms with E-state index in [0.29, 0.717) is 24.8 Å². The maximum atomic E-state index is 12.7. The molecule has 28 heavy (non-hydrogen) atoms. The fourth-order valence-corrected chi connectivity index (χ4v) is 6.00. The molecule has 2 fully saturated rings.